The molecule has 0 spiro atoms. The lowest BCUT2D eigenvalue weighted by Gasteiger charge is -2.06. The van der Waals surface area contributed by atoms with Gasteiger partial charge in [0.25, 0.3) is 0 Å². The van der Waals surface area contributed by atoms with Crippen molar-refractivity contribution in [2.75, 3.05) is 0 Å². The number of aromatic nitrogens is 1. The lowest BCUT2D eigenvalue weighted by atomic mass is 9.98. The molecule has 3 rings (SSSR count). The predicted molar refractivity (Wildman–Crippen MR) is 66.5 cm³/mol. The van der Waals surface area contributed by atoms with Crippen LogP contribution in [-0.4, -0.2) is 16.1 Å². The van der Waals surface area contributed by atoms with Crippen molar-refractivity contribution in [1.82, 2.24) is 4.98 Å². The lowest BCUT2D eigenvalue weighted by molar-refractivity contribution is -0.138. The molecule has 0 radical (unpaired) electrons. The van der Waals surface area contributed by atoms with E-state index in [0.29, 0.717) is 0 Å². The van der Waals surface area contributed by atoms with Crippen LogP contribution in [0.2, 0.25) is 0 Å². The zero-order valence-electron chi connectivity index (χ0n) is 10.0. The van der Waals surface area contributed by atoms with Crippen molar-refractivity contribution in [2.45, 2.75) is 32.6 Å². The fraction of sp³-hybridized carbons (Fsp3) is 0.357. The first-order valence-electron chi connectivity index (χ1n) is 5.92. The van der Waals surface area contributed by atoms with E-state index in [2.05, 4.69) is 31.0 Å². The second-order valence-electron chi connectivity index (χ2n) is 4.95. The molecule has 1 heterocycles. The Labute approximate surface area is 99.5 Å². The summed E-state index contributed by atoms with van der Waals surface area (Å²) in [6, 6.07) is 4.22. The highest BCUT2D eigenvalue weighted by Crippen LogP contribution is 2.39. The molecule has 17 heavy (non-hydrogen) atoms. The summed E-state index contributed by atoms with van der Waals surface area (Å²) in [4.78, 5) is 14.7. The molecule has 2 aromatic rings. The monoisotopic (exact) mass is 229 g/mol. The first-order chi connectivity index (χ1) is 8.08. The zero-order chi connectivity index (χ0) is 12.2. The number of carboxylic acid groups (broad SMARTS) is 1. The third-order valence-electron chi connectivity index (χ3n) is 3.70. The predicted octanol–water partition coefficient (Wildman–Crippen LogP) is 2.90. The topological polar surface area (TPSA) is 53.1 Å². The van der Waals surface area contributed by atoms with Gasteiger partial charge in [0, 0.05) is 16.6 Å². The molecule has 2 N–H and O–H groups in total. The molecule has 0 fully saturated rings. The summed E-state index contributed by atoms with van der Waals surface area (Å²) in [5.41, 5.74) is 5.61. The van der Waals surface area contributed by atoms with Gasteiger partial charge in [0.15, 0.2) is 0 Å². The van der Waals surface area contributed by atoms with Crippen molar-refractivity contribution in [3.8, 4) is 0 Å². The molecule has 1 aromatic carbocycles. The SMILES string of the molecule is Cc1cc(C)c2[nH]c3c(c2c1)C(C(=O)O)CC3. The van der Waals surface area contributed by atoms with Crippen LogP contribution in [0.15, 0.2) is 12.1 Å². The molecule has 3 heteroatoms. The van der Waals surface area contributed by atoms with Gasteiger partial charge in [0.05, 0.1) is 5.92 Å². The number of hydrogen-bond acceptors (Lipinski definition) is 1. The number of carbonyl (C=O) groups is 1. The molecular formula is C14H15NO2. The number of carboxylic acids is 1. The van der Waals surface area contributed by atoms with Crippen LogP contribution in [-0.2, 0) is 11.2 Å². The van der Waals surface area contributed by atoms with Crippen LogP contribution in [0.3, 0.4) is 0 Å². The molecule has 1 unspecified atom stereocenters. The summed E-state index contributed by atoms with van der Waals surface area (Å²) < 4.78 is 0. The van der Waals surface area contributed by atoms with Gasteiger partial charge in [0.2, 0.25) is 0 Å². The van der Waals surface area contributed by atoms with E-state index >= 15 is 0 Å². The maximum atomic E-state index is 11.3. The summed E-state index contributed by atoms with van der Waals surface area (Å²) in [6.07, 6.45) is 1.57. The molecule has 1 aliphatic carbocycles. The molecule has 3 nitrogen and oxygen atoms in total. The Hall–Kier alpha value is -1.77. The molecule has 0 bridgehead atoms. The third kappa shape index (κ3) is 1.38. The van der Waals surface area contributed by atoms with E-state index in [0.717, 1.165) is 35.0 Å². The number of hydrogen-bond donors (Lipinski definition) is 2. The van der Waals surface area contributed by atoms with Crippen molar-refractivity contribution in [2.24, 2.45) is 0 Å². The van der Waals surface area contributed by atoms with E-state index in [1.54, 1.807) is 0 Å². The van der Waals surface area contributed by atoms with Gasteiger partial charge in [-0.2, -0.15) is 0 Å². The average molecular weight is 229 g/mol. The van der Waals surface area contributed by atoms with Gasteiger partial charge >= 0.3 is 5.97 Å². The van der Waals surface area contributed by atoms with Crippen LogP contribution in [0.4, 0.5) is 0 Å². The number of aryl methyl sites for hydroxylation is 3. The fourth-order valence-electron chi connectivity index (χ4n) is 3.00. The quantitative estimate of drug-likeness (QED) is 0.790. The van der Waals surface area contributed by atoms with Gasteiger partial charge in [-0.25, -0.2) is 0 Å². The maximum Gasteiger partial charge on any atom is 0.311 e. The molecule has 88 valence electrons. The summed E-state index contributed by atoms with van der Waals surface area (Å²) in [5.74, 6) is -1.04. The number of rotatable bonds is 1. The Morgan fingerprint density at radius 1 is 1.41 bits per heavy atom. The van der Waals surface area contributed by atoms with Gasteiger partial charge in [-0.05, 0) is 43.9 Å². The molecular weight excluding hydrogens is 214 g/mol. The number of H-pyrrole nitrogens is 1. The smallest absolute Gasteiger partial charge is 0.311 e. The minimum absolute atomic E-state index is 0.333. The van der Waals surface area contributed by atoms with Crippen molar-refractivity contribution in [3.63, 3.8) is 0 Å². The number of aliphatic carboxylic acids is 1. The van der Waals surface area contributed by atoms with Crippen LogP contribution in [0.25, 0.3) is 10.9 Å². The number of benzene rings is 1. The van der Waals surface area contributed by atoms with Gasteiger partial charge in [-0.3, -0.25) is 4.79 Å². The Balaban J connectivity index is 2.33. The largest absolute Gasteiger partial charge is 0.481 e. The second kappa shape index (κ2) is 3.36. The van der Waals surface area contributed by atoms with Crippen LogP contribution < -0.4 is 0 Å². The summed E-state index contributed by atoms with van der Waals surface area (Å²) in [6.45, 7) is 4.12. The molecule has 0 saturated heterocycles. The molecule has 1 aromatic heterocycles. The van der Waals surface area contributed by atoms with E-state index in [4.69, 9.17) is 0 Å². The minimum atomic E-state index is -0.705. The fourth-order valence-corrected chi connectivity index (χ4v) is 3.00. The molecule has 1 aliphatic rings. The van der Waals surface area contributed by atoms with Crippen molar-refractivity contribution in [3.05, 3.63) is 34.5 Å². The number of fused-ring (bicyclic) bond motifs is 3. The van der Waals surface area contributed by atoms with Crippen molar-refractivity contribution < 1.29 is 9.90 Å². The van der Waals surface area contributed by atoms with Crippen molar-refractivity contribution >= 4 is 16.9 Å². The number of nitrogens with one attached hydrogen (secondary N) is 1. The normalized spacial score (nSPS) is 18.6. The number of aromatic amines is 1. The van der Waals surface area contributed by atoms with Gasteiger partial charge in [0.1, 0.15) is 0 Å². The van der Waals surface area contributed by atoms with Gasteiger partial charge < -0.3 is 10.1 Å². The van der Waals surface area contributed by atoms with E-state index in [-0.39, 0.29) is 5.92 Å². The maximum absolute atomic E-state index is 11.3. The summed E-state index contributed by atoms with van der Waals surface area (Å²) in [5, 5.41) is 10.4. The first-order valence-corrected chi connectivity index (χ1v) is 5.92. The Morgan fingerprint density at radius 3 is 2.88 bits per heavy atom. The minimum Gasteiger partial charge on any atom is -0.481 e. The van der Waals surface area contributed by atoms with Crippen LogP contribution in [0.5, 0.6) is 0 Å². The van der Waals surface area contributed by atoms with Crippen LogP contribution >= 0.6 is 0 Å². The first kappa shape index (κ1) is 10.4. The molecule has 1 atom stereocenters. The zero-order valence-corrected chi connectivity index (χ0v) is 10.0. The Bertz CT molecular complexity index is 625. The van der Waals surface area contributed by atoms with Gasteiger partial charge in [-0.1, -0.05) is 11.6 Å². The van der Waals surface area contributed by atoms with E-state index in [1.807, 2.05) is 0 Å². The van der Waals surface area contributed by atoms with E-state index in [9.17, 15) is 9.90 Å². The molecule has 0 amide bonds. The summed E-state index contributed by atoms with van der Waals surface area (Å²) in [7, 11) is 0. The highest BCUT2D eigenvalue weighted by Gasteiger charge is 2.32. The standard InChI is InChI=1S/C14H15NO2/c1-7-5-8(2)13-10(6-7)12-9(14(16)17)3-4-11(12)15-13/h5-6,9,15H,3-4H2,1-2H3,(H,16,17). The Morgan fingerprint density at radius 2 is 2.18 bits per heavy atom. The highest BCUT2D eigenvalue weighted by atomic mass is 16.4. The van der Waals surface area contributed by atoms with E-state index < -0.39 is 5.97 Å². The second-order valence-corrected chi connectivity index (χ2v) is 4.95. The average Bonchev–Trinajstić information content (AvgIpc) is 2.77. The molecule has 0 aliphatic heterocycles. The van der Waals surface area contributed by atoms with Crippen LogP contribution in [0.1, 0.15) is 34.7 Å². The highest BCUT2D eigenvalue weighted by molar-refractivity contribution is 5.93. The van der Waals surface area contributed by atoms with Gasteiger partial charge in [-0.15, -0.1) is 0 Å². The summed E-state index contributed by atoms with van der Waals surface area (Å²) >= 11 is 0. The lowest BCUT2D eigenvalue weighted by Crippen LogP contribution is -2.07. The van der Waals surface area contributed by atoms with Crippen molar-refractivity contribution in [1.29, 1.82) is 0 Å². The Kier molecular flexibility index (Phi) is 2.05. The van der Waals surface area contributed by atoms with E-state index in [1.165, 1.54) is 11.1 Å². The van der Waals surface area contributed by atoms with Crippen LogP contribution in [0, 0.1) is 13.8 Å². The molecule has 0 saturated carbocycles. The third-order valence-corrected chi connectivity index (χ3v) is 3.70.